The number of aliphatic hydroxyl groups excluding tert-OH is 1. The van der Waals surface area contributed by atoms with E-state index in [0.29, 0.717) is 13.2 Å². The number of ether oxygens (including phenoxy) is 1. The molecular weight excluding hydrogens is 386 g/mol. The SMILES string of the molecule is O[C@@H](COc1ccc(Br)cc1Br)CN1CCCCCC1. The van der Waals surface area contributed by atoms with Crippen molar-refractivity contribution in [3.8, 4) is 5.75 Å². The monoisotopic (exact) mass is 405 g/mol. The van der Waals surface area contributed by atoms with Gasteiger partial charge in [0.25, 0.3) is 0 Å². The largest absolute Gasteiger partial charge is 0.490 e. The lowest BCUT2D eigenvalue weighted by Crippen LogP contribution is -2.36. The molecule has 0 saturated carbocycles. The molecule has 3 nitrogen and oxygen atoms in total. The molecule has 0 radical (unpaired) electrons. The number of rotatable bonds is 5. The summed E-state index contributed by atoms with van der Waals surface area (Å²) in [6, 6.07) is 5.77. The highest BCUT2D eigenvalue weighted by Gasteiger charge is 2.14. The Morgan fingerprint density at radius 3 is 2.50 bits per heavy atom. The minimum atomic E-state index is -0.441. The summed E-state index contributed by atoms with van der Waals surface area (Å²) in [6.45, 7) is 3.23. The Morgan fingerprint density at radius 1 is 1.15 bits per heavy atom. The third-order valence-corrected chi connectivity index (χ3v) is 4.61. The number of likely N-dealkylation sites (tertiary alicyclic amines) is 1. The Kier molecular flexibility index (Phi) is 6.81. The molecule has 1 heterocycles. The summed E-state index contributed by atoms with van der Waals surface area (Å²) in [6.07, 6.45) is 4.67. The maximum Gasteiger partial charge on any atom is 0.133 e. The molecule has 1 atom stereocenters. The fraction of sp³-hybridized carbons (Fsp3) is 0.600. The van der Waals surface area contributed by atoms with Gasteiger partial charge in [-0.2, -0.15) is 0 Å². The maximum absolute atomic E-state index is 10.1. The van der Waals surface area contributed by atoms with E-state index in [9.17, 15) is 5.11 Å². The Bertz CT molecular complexity index is 420. The van der Waals surface area contributed by atoms with Crippen LogP contribution < -0.4 is 4.74 Å². The van der Waals surface area contributed by atoms with E-state index in [2.05, 4.69) is 36.8 Å². The number of hydrogen-bond acceptors (Lipinski definition) is 3. The van der Waals surface area contributed by atoms with Crippen LogP contribution in [0.15, 0.2) is 27.1 Å². The van der Waals surface area contributed by atoms with E-state index in [1.54, 1.807) is 0 Å². The van der Waals surface area contributed by atoms with Crippen LogP contribution in [0.4, 0.5) is 0 Å². The van der Waals surface area contributed by atoms with Crippen LogP contribution in [0.5, 0.6) is 5.75 Å². The summed E-state index contributed by atoms with van der Waals surface area (Å²) in [7, 11) is 0. The van der Waals surface area contributed by atoms with Crippen molar-refractivity contribution in [2.75, 3.05) is 26.2 Å². The first-order valence-corrected chi connectivity index (χ1v) is 8.72. The normalized spacial score (nSPS) is 18.6. The second-order valence-corrected chi connectivity index (χ2v) is 7.02. The molecule has 0 aromatic heterocycles. The second-order valence-electron chi connectivity index (χ2n) is 5.25. The molecule has 20 heavy (non-hydrogen) atoms. The molecule has 1 fully saturated rings. The first-order chi connectivity index (χ1) is 9.65. The Balaban J connectivity index is 1.77. The molecule has 2 rings (SSSR count). The first kappa shape index (κ1) is 16.3. The van der Waals surface area contributed by atoms with Crippen molar-refractivity contribution in [3.63, 3.8) is 0 Å². The van der Waals surface area contributed by atoms with E-state index >= 15 is 0 Å². The van der Waals surface area contributed by atoms with E-state index < -0.39 is 6.10 Å². The van der Waals surface area contributed by atoms with Crippen LogP contribution in [0.2, 0.25) is 0 Å². The van der Waals surface area contributed by atoms with Crippen LogP contribution in [0.1, 0.15) is 25.7 Å². The highest BCUT2D eigenvalue weighted by atomic mass is 79.9. The molecule has 0 amide bonds. The lowest BCUT2D eigenvalue weighted by molar-refractivity contribution is 0.0691. The summed E-state index contributed by atoms with van der Waals surface area (Å²) < 4.78 is 7.58. The topological polar surface area (TPSA) is 32.7 Å². The van der Waals surface area contributed by atoms with Crippen molar-refractivity contribution in [3.05, 3.63) is 27.1 Å². The van der Waals surface area contributed by atoms with Crippen LogP contribution in [0.3, 0.4) is 0 Å². The standard InChI is InChI=1S/C15H21Br2NO2/c16-12-5-6-15(14(17)9-12)20-11-13(19)10-18-7-3-1-2-4-8-18/h5-6,9,13,19H,1-4,7-8,10-11H2/t13-/m1/s1. The average Bonchev–Trinajstić information content (AvgIpc) is 2.66. The van der Waals surface area contributed by atoms with Gasteiger partial charge in [0.1, 0.15) is 18.5 Å². The molecule has 5 heteroatoms. The molecule has 1 aliphatic heterocycles. The van der Waals surface area contributed by atoms with Gasteiger partial charge in [0.15, 0.2) is 0 Å². The number of aliphatic hydroxyl groups is 1. The second kappa shape index (κ2) is 8.37. The average molecular weight is 407 g/mol. The Labute approximate surface area is 137 Å². The van der Waals surface area contributed by atoms with Gasteiger partial charge < -0.3 is 14.7 Å². The minimum absolute atomic E-state index is 0.330. The zero-order valence-corrected chi connectivity index (χ0v) is 14.7. The molecule has 0 spiro atoms. The summed E-state index contributed by atoms with van der Waals surface area (Å²) in [5.41, 5.74) is 0. The molecule has 1 aromatic rings. The van der Waals surface area contributed by atoms with Crippen molar-refractivity contribution in [1.82, 2.24) is 4.90 Å². The molecule has 0 bridgehead atoms. The van der Waals surface area contributed by atoms with Crippen LogP contribution >= 0.6 is 31.9 Å². The third kappa shape index (κ3) is 5.35. The van der Waals surface area contributed by atoms with Crippen molar-refractivity contribution >= 4 is 31.9 Å². The number of benzene rings is 1. The van der Waals surface area contributed by atoms with Crippen LogP contribution in [-0.2, 0) is 0 Å². The molecule has 1 aromatic carbocycles. The third-order valence-electron chi connectivity index (χ3n) is 3.49. The van der Waals surface area contributed by atoms with Gasteiger partial charge in [-0.15, -0.1) is 0 Å². The summed E-state index contributed by atoms with van der Waals surface area (Å²) in [4.78, 5) is 2.34. The number of hydrogen-bond donors (Lipinski definition) is 1. The fourth-order valence-electron chi connectivity index (χ4n) is 2.45. The predicted molar refractivity (Wildman–Crippen MR) is 88.3 cm³/mol. The summed E-state index contributed by atoms with van der Waals surface area (Å²) in [5, 5.41) is 10.1. The molecular formula is C15H21Br2NO2. The summed E-state index contributed by atoms with van der Waals surface area (Å²) in [5.74, 6) is 0.767. The maximum atomic E-state index is 10.1. The highest BCUT2D eigenvalue weighted by molar-refractivity contribution is 9.11. The molecule has 1 aliphatic rings. The number of halogens is 2. The molecule has 1 saturated heterocycles. The molecule has 112 valence electrons. The van der Waals surface area contributed by atoms with E-state index in [1.807, 2.05) is 18.2 Å². The van der Waals surface area contributed by atoms with Gasteiger partial charge in [-0.1, -0.05) is 28.8 Å². The molecule has 0 unspecified atom stereocenters. The lowest BCUT2D eigenvalue weighted by Gasteiger charge is -2.23. The first-order valence-electron chi connectivity index (χ1n) is 7.13. The van der Waals surface area contributed by atoms with Crippen LogP contribution in [-0.4, -0.2) is 42.4 Å². The van der Waals surface area contributed by atoms with Crippen molar-refractivity contribution in [2.24, 2.45) is 0 Å². The number of β-amino-alcohol motifs (C(OH)–C–C–N with tert-alkyl or cyclic N) is 1. The van der Waals surface area contributed by atoms with Crippen molar-refractivity contribution < 1.29 is 9.84 Å². The van der Waals surface area contributed by atoms with Gasteiger partial charge in [0.05, 0.1) is 4.47 Å². The quantitative estimate of drug-likeness (QED) is 0.806. The summed E-state index contributed by atoms with van der Waals surface area (Å²) >= 11 is 6.87. The van der Waals surface area contributed by atoms with Crippen molar-refractivity contribution in [1.29, 1.82) is 0 Å². The minimum Gasteiger partial charge on any atom is -0.490 e. The van der Waals surface area contributed by atoms with E-state index in [-0.39, 0.29) is 0 Å². The zero-order valence-electron chi connectivity index (χ0n) is 11.5. The van der Waals surface area contributed by atoms with E-state index in [4.69, 9.17) is 4.74 Å². The van der Waals surface area contributed by atoms with E-state index in [0.717, 1.165) is 27.8 Å². The van der Waals surface area contributed by atoms with Gasteiger partial charge in [0.2, 0.25) is 0 Å². The highest BCUT2D eigenvalue weighted by Crippen LogP contribution is 2.28. The lowest BCUT2D eigenvalue weighted by atomic mass is 10.2. The van der Waals surface area contributed by atoms with Gasteiger partial charge in [-0.25, -0.2) is 0 Å². The van der Waals surface area contributed by atoms with Gasteiger partial charge in [0, 0.05) is 11.0 Å². The van der Waals surface area contributed by atoms with Crippen LogP contribution in [0.25, 0.3) is 0 Å². The van der Waals surface area contributed by atoms with Gasteiger partial charge in [-0.3, -0.25) is 0 Å². The number of nitrogens with zero attached hydrogens (tertiary/aromatic N) is 1. The van der Waals surface area contributed by atoms with E-state index in [1.165, 1.54) is 25.7 Å². The van der Waals surface area contributed by atoms with Crippen molar-refractivity contribution in [2.45, 2.75) is 31.8 Å². The van der Waals surface area contributed by atoms with Crippen LogP contribution in [0, 0.1) is 0 Å². The zero-order chi connectivity index (χ0) is 14.4. The molecule has 1 N–H and O–H groups in total. The van der Waals surface area contributed by atoms with Gasteiger partial charge in [-0.05, 0) is 60.1 Å². The smallest absolute Gasteiger partial charge is 0.133 e. The molecule has 0 aliphatic carbocycles. The Morgan fingerprint density at radius 2 is 1.85 bits per heavy atom. The predicted octanol–water partition coefficient (Wildman–Crippen LogP) is 3.83. The Hall–Kier alpha value is -0.100. The van der Waals surface area contributed by atoms with Gasteiger partial charge >= 0.3 is 0 Å². The fourth-order valence-corrected chi connectivity index (χ4v) is 3.61.